The van der Waals surface area contributed by atoms with Gasteiger partial charge < -0.3 is 14.8 Å². The Hall–Kier alpha value is -2.23. The molecule has 2 aromatic rings. The lowest BCUT2D eigenvalue weighted by molar-refractivity contribution is -0.0640. The number of nitrogens with one attached hydrogen (secondary N) is 1. The van der Waals surface area contributed by atoms with Crippen LogP contribution in [0.2, 0.25) is 0 Å². The van der Waals surface area contributed by atoms with E-state index < -0.39 is 5.79 Å². The summed E-state index contributed by atoms with van der Waals surface area (Å²) in [4.78, 5) is 4.28. The molecule has 2 heterocycles. The Morgan fingerprint density at radius 1 is 1.15 bits per heavy atom. The Kier molecular flexibility index (Phi) is 3.22. The molecule has 0 aliphatic carbocycles. The third-order valence-electron chi connectivity index (χ3n) is 3.44. The van der Waals surface area contributed by atoms with Gasteiger partial charge in [-0.15, -0.1) is 0 Å². The fourth-order valence-electron chi connectivity index (χ4n) is 2.11. The monoisotopic (exact) mass is 270 g/mol. The van der Waals surface area contributed by atoms with Gasteiger partial charge in [0.25, 0.3) is 0 Å². The van der Waals surface area contributed by atoms with Crippen LogP contribution >= 0.6 is 0 Å². The van der Waals surface area contributed by atoms with Crippen LogP contribution < -0.4 is 14.8 Å². The second-order valence-electron chi connectivity index (χ2n) is 5.03. The third-order valence-corrected chi connectivity index (χ3v) is 3.44. The molecule has 0 radical (unpaired) electrons. The molecule has 1 unspecified atom stereocenters. The first kappa shape index (κ1) is 12.8. The van der Waals surface area contributed by atoms with E-state index in [0.29, 0.717) is 6.54 Å². The standard InChI is InChI=1S/C16H18N2O2/c1-3-16(2)19-14-8-7-12(10-15(14)20-16)18-11-13-6-4-5-9-17-13/h4-10,18H,3,11H2,1-2H3. The SMILES string of the molecule is CCC1(C)Oc2ccc(NCc3ccccn3)cc2O1. The van der Waals surface area contributed by atoms with Crippen LogP contribution in [0.1, 0.15) is 26.0 Å². The largest absolute Gasteiger partial charge is 0.449 e. The second kappa shape index (κ2) is 5.04. The zero-order chi connectivity index (χ0) is 14.0. The van der Waals surface area contributed by atoms with E-state index in [0.717, 1.165) is 29.3 Å². The van der Waals surface area contributed by atoms with Crippen LogP contribution in [0.5, 0.6) is 11.5 Å². The highest BCUT2D eigenvalue weighted by Gasteiger charge is 2.34. The van der Waals surface area contributed by atoms with E-state index in [9.17, 15) is 0 Å². The predicted molar refractivity (Wildman–Crippen MR) is 78.0 cm³/mol. The maximum Gasteiger partial charge on any atom is 0.248 e. The van der Waals surface area contributed by atoms with Crippen LogP contribution in [0.4, 0.5) is 5.69 Å². The van der Waals surface area contributed by atoms with E-state index in [1.54, 1.807) is 6.20 Å². The van der Waals surface area contributed by atoms with Crippen LogP contribution in [0.15, 0.2) is 42.6 Å². The van der Waals surface area contributed by atoms with Gasteiger partial charge in [0.05, 0.1) is 12.2 Å². The van der Waals surface area contributed by atoms with Gasteiger partial charge in [0.1, 0.15) is 0 Å². The average molecular weight is 270 g/mol. The summed E-state index contributed by atoms with van der Waals surface area (Å²) in [6, 6.07) is 11.8. The summed E-state index contributed by atoms with van der Waals surface area (Å²) in [5, 5.41) is 3.34. The van der Waals surface area contributed by atoms with Crippen molar-refractivity contribution in [2.24, 2.45) is 0 Å². The van der Waals surface area contributed by atoms with Gasteiger partial charge >= 0.3 is 0 Å². The van der Waals surface area contributed by atoms with Gasteiger partial charge in [-0.25, -0.2) is 0 Å². The molecule has 0 fully saturated rings. The average Bonchev–Trinajstić information content (AvgIpc) is 2.82. The summed E-state index contributed by atoms with van der Waals surface area (Å²) in [5.41, 5.74) is 2.00. The summed E-state index contributed by atoms with van der Waals surface area (Å²) in [5.74, 6) is 1.06. The van der Waals surface area contributed by atoms with Crippen LogP contribution in [0, 0.1) is 0 Å². The summed E-state index contributed by atoms with van der Waals surface area (Å²) in [6.45, 7) is 4.69. The van der Waals surface area contributed by atoms with Crippen molar-refractivity contribution in [1.82, 2.24) is 4.98 Å². The smallest absolute Gasteiger partial charge is 0.248 e. The van der Waals surface area contributed by atoms with Crippen molar-refractivity contribution < 1.29 is 9.47 Å². The molecule has 0 bridgehead atoms. The van der Waals surface area contributed by atoms with Crippen molar-refractivity contribution >= 4 is 5.69 Å². The predicted octanol–water partition coefficient (Wildman–Crippen LogP) is 3.59. The molecule has 1 aliphatic heterocycles. The maximum atomic E-state index is 5.86. The highest BCUT2D eigenvalue weighted by molar-refractivity contribution is 5.56. The molecular weight excluding hydrogens is 252 g/mol. The highest BCUT2D eigenvalue weighted by atomic mass is 16.7. The molecule has 20 heavy (non-hydrogen) atoms. The summed E-state index contributed by atoms with van der Waals surface area (Å²) in [6.07, 6.45) is 2.60. The number of hydrogen-bond donors (Lipinski definition) is 1. The van der Waals surface area contributed by atoms with E-state index >= 15 is 0 Å². The second-order valence-corrected chi connectivity index (χ2v) is 5.03. The highest BCUT2D eigenvalue weighted by Crippen LogP contribution is 2.42. The van der Waals surface area contributed by atoms with Crippen LogP contribution in [-0.4, -0.2) is 10.8 Å². The van der Waals surface area contributed by atoms with Gasteiger partial charge in [0.2, 0.25) is 5.79 Å². The zero-order valence-corrected chi connectivity index (χ0v) is 11.7. The van der Waals surface area contributed by atoms with Crippen molar-refractivity contribution in [1.29, 1.82) is 0 Å². The summed E-state index contributed by atoms with van der Waals surface area (Å²) in [7, 11) is 0. The third kappa shape index (κ3) is 2.54. The number of fused-ring (bicyclic) bond motifs is 1. The number of hydrogen-bond acceptors (Lipinski definition) is 4. The number of aromatic nitrogens is 1. The van der Waals surface area contributed by atoms with Crippen molar-refractivity contribution in [3.8, 4) is 11.5 Å². The van der Waals surface area contributed by atoms with Crippen molar-refractivity contribution in [2.75, 3.05) is 5.32 Å². The Balaban J connectivity index is 1.70. The first-order chi connectivity index (χ1) is 9.68. The fourth-order valence-corrected chi connectivity index (χ4v) is 2.11. The number of benzene rings is 1. The first-order valence-electron chi connectivity index (χ1n) is 6.84. The zero-order valence-electron chi connectivity index (χ0n) is 11.7. The Labute approximate surface area is 118 Å². The number of nitrogens with zero attached hydrogens (tertiary/aromatic N) is 1. The van der Waals surface area contributed by atoms with Crippen LogP contribution in [-0.2, 0) is 6.54 Å². The number of pyridine rings is 1. The fraction of sp³-hybridized carbons (Fsp3) is 0.312. The Morgan fingerprint density at radius 2 is 2.00 bits per heavy atom. The quantitative estimate of drug-likeness (QED) is 0.922. The van der Waals surface area contributed by atoms with Gasteiger partial charge in [-0.1, -0.05) is 13.0 Å². The molecule has 0 spiro atoms. The summed E-state index contributed by atoms with van der Waals surface area (Å²) < 4.78 is 11.7. The first-order valence-corrected chi connectivity index (χ1v) is 6.84. The van der Waals surface area contributed by atoms with Crippen LogP contribution in [0.3, 0.4) is 0 Å². The molecule has 1 aromatic carbocycles. The molecule has 1 aliphatic rings. The van der Waals surface area contributed by atoms with E-state index in [-0.39, 0.29) is 0 Å². The van der Waals surface area contributed by atoms with Crippen molar-refractivity contribution in [3.05, 3.63) is 48.3 Å². The van der Waals surface area contributed by atoms with Gasteiger partial charge in [-0.05, 0) is 24.3 Å². The van der Waals surface area contributed by atoms with Crippen molar-refractivity contribution in [3.63, 3.8) is 0 Å². The van der Waals surface area contributed by atoms with Gasteiger partial charge in [0, 0.05) is 31.3 Å². The van der Waals surface area contributed by atoms with E-state index in [1.807, 2.05) is 50.2 Å². The molecule has 1 N–H and O–H groups in total. The minimum atomic E-state index is -0.540. The summed E-state index contributed by atoms with van der Waals surface area (Å²) >= 11 is 0. The molecule has 1 atom stereocenters. The Morgan fingerprint density at radius 3 is 2.75 bits per heavy atom. The molecular formula is C16H18N2O2. The topological polar surface area (TPSA) is 43.4 Å². The van der Waals surface area contributed by atoms with Gasteiger partial charge in [-0.3, -0.25) is 4.98 Å². The van der Waals surface area contributed by atoms with Gasteiger partial charge in [0.15, 0.2) is 11.5 Å². The normalized spacial score (nSPS) is 19.9. The lowest BCUT2D eigenvalue weighted by atomic mass is 10.2. The molecule has 0 amide bonds. The minimum Gasteiger partial charge on any atom is -0.449 e. The molecule has 0 saturated heterocycles. The molecule has 0 saturated carbocycles. The van der Waals surface area contributed by atoms with E-state index in [1.165, 1.54) is 0 Å². The van der Waals surface area contributed by atoms with Crippen LogP contribution in [0.25, 0.3) is 0 Å². The molecule has 3 rings (SSSR count). The van der Waals surface area contributed by atoms with Gasteiger partial charge in [-0.2, -0.15) is 0 Å². The number of ether oxygens (including phenoxy) is 2. The lowest BCUT2D eigenvalue weighted by Gasteiger charge is -2.20. The van der Waals surface area contributed by atoms with E-state index in [4.69, 9.17) is 9.47 Å². The Bertz CT molecular complexity index is 601. The maximum absolute atomic E-state index is 5.86. The molecule has 4 heteroatoms. The molecule has 4 nitrogen and oxygen atoms in total. The minimum absolute atomic E-state index is 0.540. The van der Waals surface area contributed by atoms with Crippen molar-refractivity contribution in [2.45, 2.75) is 32.6 Å². The lowest BCUT2D eigenvalue weighted by Crippen LogP contribution is -2.33. The van der Waals surface area contributed by atoms with E-state index in [2.05, 4.69) is 10.3 Å². The number of rotatable bonds is 4. The molecule has 1 aromatic heterocycles. The number of anilines is 1. The molecule has 104 valence electrons.